The van der Waals surface area contributed by atoms with Crippen molar-refractivity contribution in [2.45, 2.75) is 6.92 Å². The number of ether oxygens (including phenoxy) is 2. The van der Waals surface area contributed by atoms with Crippen LogP contribution in [0.25, 0.3) is 11.8 Å². The van der Waals surface area contributed by atoms with E-state index in [1.807, 2.05) is 18.2 Å². The number of hydrogen-bond acceptors (Lipinski definition) is 8. The second kappa shape index (κ2) is 9.92. The highest BCUT2D eigenvalue weighted by molar-refractivity contribution is 6.15. The maximum atomic E-state index is 12.7. The predicted molar refractivity (Wildman–Crippen MR) is 111 cm³/mol. The molecule has 3 rings (SSSR count). The van der Waals surface area contributed by atoms with E-state index in [9.17, 15) is 14.4 Å². The largest absolute Gasteiger partial charge is 0.465 e. The number of methoxy groups -OCH3 is 1. The van der Waals surface area contributed by atoms with Crippen molar-refractivity contribution in [3.8, 4) is 0 Å². The maximum Gasteiger partial charge on any atom is 0.357 e. The van der Waals surface area contributed by atoms with Crippen LogP contribution in [-0.2, 0) is 19.1 Å². The summed E-state index contributed by atoms with van der Waals surface area (Å²) in [6, 6.07) is 15.2. The molecule has 0 saturated carbocycles. The van der Waals surface area contributed by atoms with Crippen LogP contribution in [0.1, 0.15) is 21.7 Å². The molecule has 0 atom stereocenters. The molecule has 0 unspecified atom stereocenters. The van der Waals surface area contributed by atoms with E-state index in [2.05, 4.69) is 25.6 Å². The molecular weight excluding hydrogens is 402 g/mol. The number of tetrazole rings is 1. The second-order valence-corrected chi connectivity index (χ2v) is 6.27. The minimum Gasteiger partial charge on any atom is -0.465 e. The number of rotatable bonds is 7. The van der Waals surface area contributed by atoms with Crippen LogP contribution in [0, 0.1) is 6.92 Å². The number of benzene rings is 2. The van der Waals surface area contributed by atoms with E-state index in [-0.39, 0.29) is 5.70 Å². The molecule has 0 bridgehead atoms. The van der Waals surface area contributed by atoms with Gasteiger partial charge in [-0.2, -0.15) is 4.68 Å². The van der Waals surface area contributed by atoms with Crippen LogP contribution in [0.2, 0.25) is 0 Å². The lowest BCUT2D eigenvalue weighted by atomic mass is 10.2. The molecule has 0 spiro atoms. The molecule has 0 aliphatic heterocycles. The van der Waals surface area contributed by atoms with Gasteiger partial charge in [-0.15, -0.1) is 5.10 Å². The Hall–Kier alpha value is -4.34. The predicted octanol–water partition coefficient (Wildman–Crippen LogP) is 1.95. The van der Waals surface area contributed by atoms with Gasteiger partial charge in [-0.25, -0.2) is 9.59 Å². The van der Waals surface area contributed by atoms with E-state index >= 15 is 0 Å². The fourth-order valence-corrected chi connectivity index (χ4v) is 2.58. The van der Waals surface area contributed by atoms with Gasteiger partial charge >= 0.3 is 11.9 Å². The summed E-state index contributed by atoms with van der Waals surface area (Å²) in [4.78, 5) is 36.3. The van der Waals surface area contributed by atoms with Crippen molar-refractivity contribution < 1.29 is 23.9 Å². The van der Waals surface area contributed by atoms with Crippen LogP contribution in [0.3, 0.4) is 0 Å². The van der Waals surface area contributed by atoms with Gasteiger partial charge in [0.05, 0.1) is 12.7 Å². The summed E-state index contributed by atoms with van der Waals surface area (Å²) in [5, 5.41) is 13.7. The standard InChI is InChI=1S/C21H19N5O5/c1-14-23-24-25-26(14)18(12-15-6-4-3-5-7-15)21(29)31-13-19(27)22-17-10-8-16(9-11-17)20(28)30-2/h3-12H,13H2,1-2H3,(H,22,27)/b18-12-. The molecule has 0 aliphatic rings. The van der Waals surface area contributed by atoms with E-state index in [1.165, 1.54) is 36.1 Å². The Bertz CT molecular complexity index is 1110. The first-order valence-electron chi connectivity index (χ1n) is 9.15. The Labute approximate surface area is 177 Å². The summed E-state index contributed by atoms with van der Waals surface area (Å²) in [5.41, 5.74) is 1.58. The van der Waals surface area contributed by atoms with Gasteiger partial charge in [0.15, 0.2) is 18.1 Å². The molecule has 10 heteroatoms. The van der Waals surface area contributed by atoms with Crippen molar-refractivity contribution in [2.75, 3.05) is 19.0 Å². The number of hydrogen-bond donors (Lipinski definition) is 1. The van der Waals surface area contributed by atoms with Gasteiger partial charge in [0.2, 0.25) is 0 Å². The minimum absolute atomic E-state index is 0.0592. The molecule has 0 saturated heterocycles. The van der Waals surface area contributed by atoms with Crippen LogP contribution in [0.5, 0.6) is 0 Å². The molecule has 2 aromatic carbocycles. The Kier molecular flexibility index (Phi) is 6.84. The second-order valence-electron chi connectivity index (χ2n) is 6.27. The van der Waals surface area contributed by atoms with Gasteiger partial charge < -0.3 is 14.8 Å². The van der Waals surface area contributed by atoms with Crippen molar-refractivity contribution in [1.82, 2.24) is 20.2 Å². The third-order valence-corrected chi connectivity index (χ3v) is 4.09. The molecular formula is C21H19N5O5. The van der Waals surface area contributed by atoms with Crippen molar-refractivity contribution >= 4 is 35.3 Å². The van der Waals surface area contributed by atoms with Crippen LogP contribution >= 0.6 is 0 Å². The summed E-state index contributed by atoms with van der Waals surface area (Å²) in [7, 11) is 1.28. The summed E-state index contributed by atoms with van der Waals surface area (Å²) in [5.74, 6) is -1.42. The van der Waals surface area contributed by atoms with E-state index in [4.69, 9.17) is 4.74 Å². The number of aryl methyl sites for hydroxylation is 1. The molecule has 1 amide bonds. The van der Waals surface area contributed by atoms with E-state index < -0.39 is 24.5 Å². The minimum atomic E-state index is -0.768. The van der Waals surface area contributed by atoms with Gasteiger partial charge in [0, 0.05) is 5.69 Å². The molecule has 0 radical (unpaired) electrons. The smallest absolute Gasteiger partial charge is 0.357 e. The Morgan fingerprint density at radius 3 is 2.39 bits per heavy atom. The first-order valence-corrected chi connectivity index (χ1v) is 9.15. The van der Waals surface area contributed by atoms with Gasteiger partial charge in [0.1, 0.15) is 0 Å². The zero-order chi connectivity index (χ0) is 22.2. The molecule has 1 aromatic heterocycles. The highest BCUT2D eigenvalue weighted by Gasteiger charge is 2.19. The quantitative estimate of drug-likeness (QED) is 0.453. The summed E-state index contributed by atoms with van der Waals surface area (Å²) in [6.07, 6.45) is 1.56. The number of carbonyl (C=O) groups is 3. The molecule has 3 aromatic rings. The molecule has 0 fully saturated rings. The van der Waals surface area contributed by atoms with Gasteiger partial charge in [-0.1, -0.05) is 30.3 Å². The lowest BCUT2D eigenvalue weighted by Gasteiger charge is -2.10. The Balaban J connectivity index is 1.67. The molecule has 10 nitrogen and oxygen atoms in total. The molecule has 158 valence electrons. The fraction of sp³-hybridized carbons (Fsp3) is 0.143. The normalized spacial score (nSPS) is 11.0. The lowest BCUT2D eigenvalue weighted by Crippen LogP contribution is -2.23. The third-order valence-electron chi connectivity index (χ3n) is 4.09. The van der Waals surface area contributed by atoms with Gasteiger partial charge in [0.25, 0.3) is 5.91 Å². The monoisotopic (exact) mass is 421 g/mol. The zero-order valence-corrected chi connectivity index (χ0v) is 16.8. The SMILES string of the molecule is COC(=O)c1ccc(NC(=O)COC(=O)/C(=C/c2ccccc2)n2nnnc2C)cc1. The van der Waals surface area contributed by atoms with Crippen molar-refractivity contribution in [2.24, 2.45) is 0 Å². The number of anilines is 1. The third kappa shape index (κ3) is 5.60. The molecule has 0 aliphatic carbocycles. The molecule has 1 N–H and O–H groups in total. The van der Waals surface area contributed by atoms with Gasteiger partial charge in [-0.3, -0.25) is 4.79 Å². The fourth-order valence-electron chi connectivity index (χ4n) is 2.58. The summed E-state index contributed by atoms with van der Waals surface area (Å²) < 4.78 is 11.0. The van der Waals surface area contributed by atoms with E-state index in [1.54, 1.807) is 25.1 Å². The summed E-state index contributed by atoms with van der Waals surface area (Å²) >= 11 is 0. The maximum absolute atomic E-state index is 12.7. The van der Waals surface area contributed by atoms with Crippen molar-refractivity contribution in [1.29, 1.82) is 0 Å². The average molecular weight is 421 g/mol. The van der Waals surface area contributed by atoms with Crippen molar-refractivity contribution in [3.63, 3.8) is 0 Å². The van der Waals surface area contributed by atoms with Gasteiger partial charge in [-0.05, 0) is 53.3 Å². The number of carbonyl (C=O) groups excluding carboxylic acids is 3. The highest BCUT2D eigenvalue weighted by Crippen LogP contribution is 2.14. The topological polar surface area (TPSA) is 125 Å². The van der Waals surface area contributed by atoms with Crippen LogP contribution < -0.4 is 5.32 Å². The Morgan fingerprint density at radius 1 is 1.06 bits per heavy atom. The number of aromatic nitrogens is 4. The summed E-state index contributed by atoms with van der Waals surface area (Å²) in [6.45, 7) is 1.11. The average Bonchev–Trinajstić information content (AvgIpc) is 3.22. The number of amides is 1. The number of nitrogens with one attached hydrogen (secondary N) is 1. The van der Waals surface area contributed by atoms with Crippen LogP contribution in [0.4, 0.5) is 5.69 Å². The number of esters is 2. The highest BCUT2D eigenvalue weighted by atomic mass is 16.5. The first-order chi connectivity index (χ1) is 15.0. The first kappa shape index (κ1) is 21.4. The van der Waals surface area contributed by atoms with Crippen LogP contribution in [0.15, 0.2) is 54.6 Å². The zero-order valence-electron chi connectivity index (χ0n) is 16.8. The molecule has 31 heavy (non-hydrogen) atoms. The lowest BCUT2D eigenvalue weighted by molar-refractivity contribution is -0.141. The van der Waals surface area contributed by atoms with Crippen molar-refractivity contribution in [3.05, 3.63) is 71.5 Å². The number of nitrogens with zero attached hydrogens (tertiary/aromatic N) is 4. The van der Waals surface area contributed by atoms with E-state index in [0.29, 0.717) is 17.1 Å². The van der Waals surface area contributed by atoms with Crippen LogP contribution in [-0.4, -0.2) is 51.8 Å². The van der Waals surface area contributed by atoms with E-state index in [0.717, 1.165) is 5.56 Å². The molecule has 1 heterocycles. The Morgan fingerprint density at radius 2 is 1.77 bits per heavy atom.